The Hall–Kier alpha value is -2.59. The second kappa shape index (κ2) is 6.26. The van der Waals surface area contributed by atoms with E-state index in [1.165, 1.54) is 11.1 Å². The molecule has 1 aromatic carbocycles. The van der Waals surface area contributed by atoms with Crippen molar-refractivity contribution in [3.63, 3.8) is 0 Å². The molecule has 0 radical (unpaired) electrons. The summed E-state index contributed by atoms with van der Waals surface area (Å²) >= 11 is 0. The first-order chi connectivity index (χ1) is 11.1. The first-order valence-electron chi connectivity index (χ1n) is 7.71. The van der Waals surface area contributed by atoms with Gasteiger partial charge in [-0.1, -0.05) is 30.3 Å². The van der Waals surface area contributed by atoms with Crippen molar-refractivity contribution in [1.82, 2.24) is 9.47 Å². The van der Waals surface area contributed by atoms with Crippen LogP contribution in [0.25, 0.3) is 17.8 Å². The van der Waals surface area contributed by atoms with E-state index in [1.807, 2.05) is 29.0 Å². The minimum atomic E-state index is -0.403. The van der Waals surface area contributed by atoms with Crippen LogP contribution in [0.5, 0.6) is 0 Å². The Morgan fingerprint density at radius 2 is 2.09 bits per heavy atom. The molecule has 118 valence electrons. The lowest BCUT2D eigenvalue weighted by Gasteiger charge is -2.12. The summed E-state index contributed by atoms with van der Waals surface area (Å²) in [6.45, 7) is 0.975. The number of benzene rings is 1. The quantitative estimate of drug-likeness (QED) is 0.806. The third-order valence-corrected chi connectivity index (χ3v) is 4.00. The van der Waals surface area contributed by atoms with Gasteiger partial charge in [0.2, 0.25) is 5.91 Å². The molecule has 2 N–H and O–H groups in total. The van der Waals surface area contributed by atoms with Crippen LogP contribution in [-0.4, -0.2) is 36.0 Å². The van der Waals surface area contributed by atoms with Gasteiger partial charge in [0.1, 0.15) is 0 Å². The Labute approximate surface area is 136 Å². The zero-order valence-corrected chi connectivity index (χ0v) is 13.5. The average molecular weight is 307 g/mol. The van der Waals surface area contributed by atoms with Crippen molar-refractivity contribution in [2.45, 2.75) is 6.42 Å². The number of fused-ring (bicyclic) bond motifs is 2. The second-order valence-electron chi connectivity index (χ2n) is 6.00. The Kier molecular flexibility index (Phi) is 4.17. The van der Waals surface area contributed by atoms with Crippen molar-refractivity contribution in [3.05, 3.63) is 65.0 Å². The summed E-state index contributed by atoms with van der Waals surface area (Å²) in [6, 6.07) is 10.2. The minimum Gasteiger partial charge on any atom is -0.366 e. The zero-order valence-electron chi connectivity index (χ0n) is 13.5. The highest BCUT2D eigenvalue weighted by Gasteiger charge is 2.17. The molecule has 1 aliphatic heterocycles. The first kappa shape index (κ1) is 15.3. The highest BCUT2D eigenvalue weighted by Crippen LogP contribution is 2.32. The fourth-order valence-corrected chi connectivity index (χ4v) is 2.82. The summed E-state index contributed by atoms with van der Waals surface area (Å²) in [5.74, 6) is -0.403. The number of hydrogen-bond donors (Lipinski definition) is 1. The fraction of sp³-hybridized carbons (Fsp3) is 0.211. The van der Waals surface area contributed by atoms with E-state index in [-0.39, 0.29) is 0 Å². The van der Waals surface area contributed by atoms with Gasteiger partial charge in [-0.3, -0.25) is 4.79 Å². The van der Waals surface area contributed by atoms with Crippen LogP contribution in [0.2, 0.25) is 0 Å². The van der Waals surface area contributed by atoms with Gasteiger partial charge in [0.15, 0.2) is 0 Å². The van der Waals surface area contributed by atoms with Crippen molar-refractivity contribution >= 4 is 23.8 Å². The van der Waals surface area contributed by atoms with Gasteiger partial charge in [-0.2, -0.15) is 0 Å². The van der Waals surface area contributed by atoms with Crippen LogP contribution in [0.15, 0.2) is 42.6 Å². The molecule has 2 aromatic rings. The van der Waals surface area contributed by atoms with E-state index in [0.29, 0.717) is 5.56 Å². The molecule has 3 rings (SSSR count). The molecule has 23 heavy (non-hydrogen) atoms. The molecule has 0 saturated carbocycles. The van der Waals surface area contributed by atoms with E-state index in [4.69, 9.17) is 5.73 Å². The van der Waals surface area contributed by atoms with Crippen LogP contribution in [0.4, 0.5) is 0 Å². The number of rotatable bonds is 4. The Bertz CT molecular complexity index is 797. The lowest BCUT2D eigenvalue weighted by Crippen LogP contribution is -2.12. The van der Waals surface area contributed by atoms with Crippen molar-refractivity contribution < 1.29 is 4.79 Å². The molecule has 0 saturated heterocycles. The molecule has 1 amide bonds. The van der Waals surface area contributed by atoms with Crippen LogP contribution in [0, 0.1) is 0 Å². The van der Waals surface area contributed by atoms with Crippen LogP contribution in [0.3, 0.4) is 0 Å². The second-order valence-corrected chi connectivity index (χ2v) is 6.00. The predicted octanol–water partition coefficient (Wildman–Crippen LogP) is 2.91. The van der Waals surface area contributed by atoms with Gasteiger partial charge >= 0.3 is 0 Å². The van der Waals surface area contributed by atoms with E-state index in [9.17, 15) is 4.79 Å². The monoisotopic (exact) mass is 307 g/mol. The molecule has 1 aliphatic rings. The summed E-state index contributed by atoms with van der Waals surface area (Å²) in [7, 11) is 4.13. The average Bonchev–Trinajstić information content (AvgIpc) is 2.88. The summed E-state index contributed by atoms with van der Waals surface area (Å²) in [6.07, 6.45) is 9.01. The molecular weight excluding hydrogens is 286 g/mol. The van der Waals surface area contributed by atoms with Gasteiger partial charge in [-0.05, 0) is 43.8 Å². The van der Waals surface area contributed by atoms with E-state index in [2.05, 4.69) is 43.3 Å². The van der Waals surface area contributed by atoms with Crippen molar-refractivity contribution in [3.8, 4) is 0 Å². The van der Waals surface area contributed by atoms with Crippen LogP contribution < -0.4 is 5.73 Å². The molecule has 0 unspecified atom stereocenters. The first-order valence-corrected chi connectivity index (χ1v) is 7.71. The number of amides is 1. The minimum absolute atomic E-state index is 0.403. The molecule has 4 heteroatoms. The largest absolute Gasteiger partial charge is 0.366 e. The van der Waals surface area contributed by atoms with Crippen LogP contribution >= 0.6 is 0 Å². The highest BCUT2D eigenvalue weighted by molar-refractivity contribution is 5.96. The van der Waals surface area contributed by atoms with Crippen molar-refractivity contribution in [2.75, 3.05) is 20.6 Å². The highest BCUT2D eigenvalue weighted by atomic mass is 16.1. The van der Waals surface area contributed by atoms with Gasteiger partial charge in [-0.15, -0.1) is 0 Å². The summed E-state index contributed by atoms with van der Waals surface area (Å²) in [4.78, 5) is 13.7. The molecule has 0 spiro atoms. The van der Waals surface area contributed by atoms with E-state index < -0.39 is 5.91 Å². The predicted molar refractivity (Wildman–Crippen MR) is 94.9 cm³/mol. The van der Waals surface area contributed by atoms with E-state index in [1.54, 1.807) is 6.20 Å². The van der Waals surface area contributed by atoms with Crippen LogP contribution in [0.1, 0.15) is 33.6 Å². The number of hydrogen-bond acceptors (Lipinski definition) is 2. The van der Waals surface area contributed by atoms with Crippen molar-refractivity contribution in [2.24, 2.45) is 5.73 Å². The lowest BCUT2D eigenvalue weighted by molar-refractivity contribution is 0.100. The topological polar surface area (TPSA) is 51.3 Å². The third kappa shape index (κ3) is 3.12. The molecule has 0 fully saturated rings. The SMILES string of the molecule is CN(C)CC/C=C1\c2ccccc2C=Cn2cc(C(N)=O)cc21. The number of nitrogens with zero attached hydrogens (tertiary/aromatic N) is 2. The number of carbonyl (C=O) groups is 1. The number of carbonyl (C=O) groups excluding carboxylic acids is 1. The van der Waals surface area contributed by atoms with Gasteiger partial charge in [0.05, 0.1) is 11.3 Å². The number of primary amides is 1. The Balaban J connectivity index is 2.11. The number of aromatic nitrogens is 1. The lowest BCUT2D eigenvalue weighted by atomic mass is 9.96. The van der Waals surface area contributed by atoms with E-state index in [0.717, 1.165) is 24.2 Å². The molecule has 0 atom stereocenters. The van der Waals surface area contributed by atoms with Gasteiger partial charge in [0.25, 0.3) is 0 Å². The molecule has 1 aromatic heterocycles. The Morgan fingerprint density at radius 3 is 2.83 bits per heavy atom. The normalized spacial score (nSPS) is 14.7. The molecule has 4 nitrogen and oxygen atoms in total. The summed E-state index contributed by atoms with van der Waals surface area (Å²) < 4.78 is 1.97. The van der Waals surface area contributed by atoms with Gasteiger partial charge < -0.3 is 15.2 Å². The zero-order chi connectivity index (χ0) is 16.4. The van der Waals surface area contributed by atoms with Crippen LogP contribution in [-0.2, 0) is 0 Å². The van der Waals surface area contributed by atoms with Crippen molar-refractivity contribution in [1.29, 1.82) is 0 Å². The smallest absolute Gasteiger partial charge is 0.250 e. The maximum absolute atomic E-state index is 11.5. The molecule has 0 bridgehead atoms. The van der Waals surface area contributed by atoms with Gasteiger partial charge in [-0.25, -0.2) is 0 Å². The fourth-order valence-electron chi connectivity index (χ4n) is 2.82. The maximum Gasteiger partial charge on any atom is 0.250 e. The summed E-state index contributed by atoms with van der Waals surface area (Å²) in [5.41, 5.74) is 10.5. The maximum atomic E-state index is 11.5. The Morgan fingerprint density at radius 1 is 1.30 bits per heavy atom. The summed E-state index contributed by atoms with van der Waals surface area (Å²) in [5, 5.41) is 0. The standard InChI is InChI=1S/C19H21N3O/c1-21(2)10-5-8-17-16-7-4-3-6-14(16)9-11-22-13-15(19(20)23)12-18(17)22/h3-4,6-9,11-13H,5,10H2,1-2H3,(H2,20,23)/b17-8+. The molecular formula is C19H21N3O. The molecule has 2 heterocycles. The molecule has 0 aliphatic carbocycles. The third-order valence-electron chi connectivity index (χ3n) is 4.00. The number of nitrogens with two attached hydrogens (primary N) is 1. The van der Waals surface area contributed by atoms with Gasteiger partial charge in [0, 0.05) is 24.5 Å². The van der Waals surface area contributed by atoms with E-state index >= 15 is 0 Å².